The van der Waals surface area contributed by atoms with E-state index in [-0.39, 0.29) is 35.3 Å². The molecule has 12 heteroatoms. The Labute approximate surface area is 219 Å². The van der Waals surface area contributed by atoms with Crippen LogP contribution in [0, 0.1) is 5.82 Å². The molecule has 0 unspecified atom stereocenters. The predicted molar refractivity (Wildman–Crippen MR) is 138 cm³/mol. The van der Waals surface area contributed by atoms with Crippen molar-refractivity contribution in [3.05, 3.63) is 72.8 Å². The summed E-state index contributed by atoms with van der Waals surface area (Å²) < 4.78 is 43.3. The summed E-state index contributed by atoms with van der Waals surface area (Å²) in [5, 5.41) is 7.25. The van der Waals surface area contributed by atoms with Crippen molar-refractivity contribution < 1.29 is 13.2 Å². The molecule has 6 aromatic heterocycles. The number of halogens is 3. The van der Waals surface area contributed by atoms with Crippen LogP contribution >= 0.6 is 0 Å². The molecule has 7 rings (SSSR count). The molecule has 0 atom stereocenters. The second-order valence-electron chi connectivity index (χ2n) is 9.56. The van der Waals surface area contributed by atoms with Crippen LogP contribution in [0.25, 0.3) is 56.0 Å². The van der Waals surface area contributed by atoms with Gasteiger partial charge in [-0.3, -0.25) is 20.0 Å². The molecule has 1 saturated heterocycles. The normalized spacial score (nSPS) is 15.5. The van der Waals surface area contributed by atoms with E-state index in [4.69, 9.17) is 4.98 Å². The Hall–Kier alpha value is -4.71. The van der Waals surface area contributed by atoms with Gasteiger partial charge in [-0.05, 0) is 23.8 Å². The van der Waals surface area contributed by atoms with E-state index >= 15 is 4.39 Å². The zero-order valence-corrected chi connectivity index (χ0v) is 20.4. The highest BCUT2D eigenvalue weighted by Crippen LogP contribution is 2.34. The number of likely N-dealkylation sites (tertiary alicyclic amines) is 1. The highest BCUT2D eigenvalue weighted by atomic mass is 19.3. The van der Waals surface area contributed by atoms with E-state index in [1.54, 1.807) is 35.8 Å². The predicted octanol–water partition coefficient (Wildman–Crippen LogP) is 5.00. The van der Waals surface area contributed by atoms with Crippen LogP contribution in [0.3, 0.4) is 0 Å². The van der Waals surface area contributed by atoms with Crippen molar-refractivity contribution in [1.82, 2.24) is 45.0 Å². The Balaban J connectivity index is 1.28. The van der Waals surface area contributed by atoms with E-state index in [1.807, 2.05) is 18.2 Å². The van der Waals surface area contributed by atoms with Gasteiger partial charge in [0.1, 0.15) is 17.0 Å². The van der Waals surface area contributed by atoms with Gasteiger partial charge in [0.05, 0.1) is 11.9 Å². The summed E-state index contributed by atoms with van der Waals surface area (Å²) in [7, 11) is 0. The fourth-order valence-electron chi connectivity index (χ4n) is 5.03. The first-order chi connectivity index (χ1) is 18.9. The Kier molecular flexibility index (Phi) is 5.37. The highest BCUT2D eigenvalue weighted by Gasteiger charge is 2.38. The van der Waals surface area contributed by atoms with Crippen molar-refractivity contribution in [3.63, 3.8) is 0 Å². The molecule has 194 valence electrons. The summed E-state index contributed by atoms with van der Waals surface area (Å²) in [6.07, 6.45) is 9.47. The first-order valence-corrected chi connectivity index (χ1v) is 12.3. The smallest absolute Gasteiger partial charge is 0.261 e. The summed E-state index contributed by atoms with van der Waals surface area (Å²) in [5.74, 6) is -2.90. The lowest BCUT2D eigenvalue weighted by molar-refractivity contribution is 0.0115. The van der Waals surface area contributed by atoms with E-state index in [1.165, 1.54) is 12.4 Å². The molecule has 1 aliphatic rings. The van der Waals surface area contributed by atoms with Gasteiger partial charge in [0.25, 0.3) is 5.92 Å². The average Bonchev–Trinajstić information content (AvgIpc) is 3.65. The third-order valence-electron chi connectivity index (χ3n) is 6.87. The first kappa shape index (κ1) is 23.4. The van der Waals surface area contributed by atoms with E-state index in [0.717, 1.165) is 11.1 Å². The minimum absolute atomic E-state index is 0.166. The lowest BCUT2D eigenvalue weighted by Gasteiger charge is -2.15. The van der Waals surface area contributed by atoms with Gasteiger partial charge in [0.2, 0.25) is 0 Å². The molecule has 0 aromatic carbocycles. The molecule has 39 heavy (non-hydrogen) atoms. The summed E-state index contributed by atoms with van der Waals surface area (Å²) >= 11 is 0. The van der Waals surface area contributed by atoms with E-state index in [9.17, 15) is 8.78 Å². The zero-order chi connectivity index (χ0) is 26.6. The van der Waals surface area contributed by atoms with Crippen molar-refractivity contribution >= 4 is 22.2 Å². The van der Waals surface area contributed by atoms with Crippen LogP contribution in [0.1, 0.15) is 12.0 Å². The molecule has 1 fully saturated rings. The molecule has 7 heterocycles. The molecule has 9 nitrogen and oxygen atoms in total. The lowest BCUT2D eigenvalue weighted by Crippen LogP contribution is -2.24. The van der Waals surface area contributed by atoms with E-state index in [0.29, 0.717) is 41.2 Å². The average molecular weight is 528 g/mol. The van der Waals surface area contributed by atoms with Gasteiger partial charge in [-0.2, -0.15) is 5.10 Å². The number of hydrogen-bond donors (Lipinski definition) is 2. The van der Waals surface area contributed by atoms with Gasteiger partial charge in [-0.25, -0.2) is 28.1 Å². The molecule has 6 aromatic rings. The Morgan fingerprint density at radius 2 is 1.85 bits per heavy atom. The third-order valence-corrected chi connectivity index (χ3v) is 6.87. The quantitative estimate of drug-likeness (QED) is 0.325. The summed E-state index contributed by atoms with van der Waals surface area (Å²) in [5.41, 5.74) is 4.76. The van der Waals surface area contributed by atoms with E-state index < -0.39 is 11.7 Å². The van der Waals surface area contributed by atoms with Gasteiger partial charge in [-0.15, -0.1) is 0 Å². The maximum absolute atomic E-state index is 16.1. The van der Waals surface area contributed by atoms with E-state index in [2.05, 4.69) is 35.1 Å². The maximum Gasteiger partial charge on any atom is 0.261 e. The molecule has 1 aliphatic heterocycles. The number of aromatic amines is 2. The molecule has 0 spiro atoms. The topological polar surface area (TPSA) is 112 Å². The molecular weight excluding hydrogens is 507 g/mol. The van der Waals surface area contributed by atoms with Gasteiger partial charge >= 0.3 is 0 Å². The van der Waals surface area contributed by atoms with Crippen molar-refractivity contribution in [2.24, 2.45) is 0 Å². The molecule has 0 bridgehead atoms. The number of nitrogens with one attached hydrogen (secondary N) is 2. The van der Waals surface area contributed by atoms with Crippen molar-refractivity contribution in [3.8, 4) is 33.8 Å². The van der Waals surface area contributed by atoms with Crippen LogP contribution in [0.2, 0.25) is 0 Å². The molecule has 0 amide bonds. The number of pyridine rings is 4. The monoisotopic (exact) mass is 527 g/mol. The number of nitrogens with zero attached hydrogens (tertiary/aromatic N) is 7. The van der Waals surface area contributed by atoms with Gasteiger partial charge < -0.3 is 4.98 Å². The number of rotatable bonds is 5. The van der Waals surface area contributed by atoms with Gasteiger partial charge in [0, 0.05) is 78.9 Å². The second-order valence-corrected chi connectivity index (χ2v) is 9.56. The molecule has 2 N–H and O–H groups in total. The van der Waals surface area contributed by atoms with Crippen molar-refractivity contribution in [2.45, 2.75) is 18.9 Å². The molecule has 0 saturated carbocycles. The van der Waals surface area contributed by atoms with Crippen LogP contribution < -0.4 is 0 Å². The number of imidazole rings is 1. The number of fused-ring (bicyclic) bond motifs is 2. The minimum atomic E-state index is -2.69. The van der Waals surface area contributed by atoms with Crippen LogP contribution in [0.5, 0.6) is 0 Å². The van der Waals surface area contributed by atoms with Gasteiger partial charge in [-0.1, -0.05) is 6.07 Å². The van der Waals surface area contributed by atoms with Crippen LogP contribution in [-0.2, 0) is 6.54 Å². The van der Waals surface area contributed by atoms with Crippen LogP contribution in [-0.4, -0.2) is 64.0 Å². The van der Waals surface area contributed by atoms with Gasteiger partial charge in [0.15, 0.2) is 17.1 Å². The summed E-state index contributed by atoms with van der Waals surface area (Å²) in [6.45, 7) is 0.300. The number of aromatic nitrogens is 8. The Bertz CT molecular complexity index is 1830. The summed E-state index contributed by atoms with van der Waals surface area (Å²) in [6, 6.07) is 7.35. The molecular formula is C27H20F3N9. The lowest BCUT2D eigenvalue weighted by atomic mass is 10.0. The first-order valence-electron chi connectivity index (χ1n) is 12.3. The SMILES string of the molecule is Fc1c(-c2cncc(CN3CCC(F)(F)C3)c2)cnc2[nH]nc(-c3nc4c(-c5cccnc5)ccnc4[nH]3)c12. The Morgan fingerprint density at radius 3 is 2.67 bits per heavy atom. The number of H-pyrrole nitrogens is 2. The number of alkyl halides is 2. The van der Waals surface area contributed by atoms with Crippen LogP contribution in [0.15, 0.2) is 61.4 Å². The largest absolute Gasteiger partial charge is 0.321 e. The fraction of sp³-hybridized carbons (Fsp3) is 0.185. The third kappa shape index (κ3) is 4.18. The standard InChI is InChI=1S/C27H20F3N9/c28-21-19(17-8-15(9-32-11-17)13-39-7-4-27(29,30)14-39)12-34-24-20(21)23(37-38-24)26-35-22-18(3-6-33-25(22)36-26)16-2-1-5-31-10-16/h1-3,5-6,8-12H,4,7,13-14H2,(H,33,35,36)(H,34,37,38). The maximum atomic E-state index is 16.1. The zero-order valence-electron chi connectivity index (χ0n) is 20.4. The molecule has 0 radical (unpaired) electrons. The van der Waals surface area contributed by atoms with Crippen molar-refractivity contribution in [1.29, 1.82) is 0 Å². The second kappa shape index (κ2) is 8.95. The number of hydrogen-bond acceptors (Lipinski definition) is 7. The fourth-order valence-corrected chi connectivity index (χ4v) is 5.03. The highest BCUT2D eigenvalue weighted by molar-refractivity contribution is 5.96. The minimum Gasteiger partial charge on any atom is -0.321 e. The summed E-state index contributed by atoms with van der Waals surface area (Å²) in [4.78, 5) is 26.7. The Morgan fingerprint density at radius 1 is 0.949 bits per heavy atom. The molecule has 0 aliphatic carbocycles. The van der Waals surface area contributed by atoms with Crippen molar-refractivity contribution in [2.75, 3.05) is 13.1 Å². The van der Waals surface area contributed by atoms with Crippen LogP contribution in [0.4, 0.5) is 13.2 Å².